The molecule has 0 aromatic heterocycles. The Morgan fingerprint density at radius 1 is 1.07 bits per heavy atom. The van der Waals surface area contributed by atoms with Crippen LogP contribution in [0.1, 0.15) is 52.4 Å². The summed E-state index contributed by atoms with van der Waals surface area (Å²) in [5, 5.41) is 18.8. The molecule has 0 aliphatic carbocycles. The Kier molecular flexibility index (Phi) is 9.06. The van der Waals surface area contributed by atoms with Crippen molar-refractivity contribution in [3.8, 4) is 0 Å². The molecule has 0 bridgehead atoms. The molecule has 0 aliphatic heterocycles. The molecule has 15 heavy (non-hydrogen) atoms. The topological polar surface area (TPSA) is 49.7 Å². The third-order valence-corrected chi connectivity index (χ3v) is 2.78. The first-order valence-corrected chi connectivity index (χ1v) is 6.09. The van der Waals surface area contributed by atoms with E-state index in [1.807, 2.05) is 6.92 Å². The predicted molar refractivity (Wildman–Crippen MR) is 61.9 cm³/mol. The Balaban J connectivity index is 3.29. The largest absolute Gasteiger partial charge is 0.393 e. The summed E-state index contributed by atoms with van der Waals surface area (Å²) in [7, 11) is 0. The van der Waals surface area contributed by atoms with Gasteiger partial charge < -0.3 is 14.9 Å². The molecule has 0 aromatic carbocycles. The van der Waals surface area contributed by atoms with Gasteiger partial charge in [-0.3, -0.25) is 0 Å². The molecule has 3 nitrogen and oxygen atoms in total. The van der Waals surface area contributed by atoms with E-state index in [1.54, 1.807) is 0 Å². The third kappa shape index (κ3) is 7.77. The van der Waals surface area contributed by atoms with Gasteiger partial charge in [0.25, 0.3) is 0 Å². The van der Waals surface area contributed by atoms with Crippen molar-refractivity contribution in [1.29, 1.82) is 0 Å². The smallest absolute Gasteiger partial charge is 0.0874 e. The van der Waals surface area contributed by atoms with Gasteiger partial charge in [-0.05, 0) is 32.1 Å². The lowest BCUT2D eigenvalue weighted by Crippen LogP contribution is -2.32. The van der Waals surface area contributed by atoms with Gasteiger partial charge in [0, 0.05) is 13.2 Å². The second-order valence-electron chi connectivity index (χ2n) is 4.16. The van der Waals surface area contributed by atoms with Crippen LogP contribution in [0.15, 0.2) is 0 Å². The summed E-state index contributed by atoms with van der Waals surface area (Å²) in [5.41, 5.74) is -0.872. The van der Waals surface area contributed by atoms with Gasteiger partial charge in [-0.2, -0.15) is 0 Å². The average molecular weight is 218 g/mol. The van der Waals surface area contributed by atoms with E-state index in [0.29, 0.717) is 12.8 Å². The Bertz CT molecular complexity index is 133. The number of rotatable bonds is 10. The summed E-state index contributed by atoms with van der Waals surface area (Å²) in [6.45, 7) is 5.51. The highest BCUT2D eigenvalue weighted by molar-refractivity contribution is 4.74. The SMILES string of the molecule is CCCCOCCCCC(O)(CC)CO. The Morgan fingerprint density at radius 2 is 1.73 bits per heavy atom. The van der Waals surface area contributed by atoms with E-state index in [0.717, 1.165) is 32.5 Å². The zero-order valence-electron chi connectivity index (χ0n) is 10.2. The summed E-state index contributed by atoms with van der Waals surface area (Å²) >= 11 is 0. The monoisotopic (exact) mass is 218 g/mol. The molecule has 2 N–H and O–H groups in total. The lowest BCUT2D eigenvalue weighted by atomic mass is 9.95. The third-order valence-electron chi connectivity index (χ3n) is 2.78. The van der Waals surface area contributed by atoms with Gasteiger partial charge in [-0.1, -0.05) is 20.3 Å². The van der Waals surface area contributed by atoms with Crippen LogP contribution in [0, 0.1) is 0 Å². The lowest BCUT2D eigenvalue weighted by molar-refractivity contribution is -0.0271. The standard InChI is InChI=1S/C12H26O3/c1-3-5-9-15-10-7-6-8-12(14,4-2)11-13/h13-14H,3-11H2,1-2H3. The van der Waals surface area contributed by atoms with Crippen LogP contribution in [0.25, 0.3) is 0 Å². The highest BCUT2D eigenvalue weighted by Gasteiger charge is 2.22. The van der Waals surface area contributed by atoms with E-state index < -0.39 is 5.60 Å². The summed E-state index contributed by atoms with van der Waals surface area (Å²) in [6, 6.07) is 0. The molecule has 1 atom stereocenters. The molecule has 0 saturated heterocycles. The van der Waals surface area contributed by atoms with Crippen LogP contribution in [0.2, 0.25) is 0 Å². The summed E-state index contributed by atoms with van der Waals surface area (Å²) in [6.07, 6.45) is 5.44. The quantitative estimate of drug-likeness (QED) is 0.552. The van der Waals surface area contributed by atoms with Crippen molar-refractivity contribution in [2.45, 2.75) is 58.0 Å². The Morgan fingerprint density at radius 3 is 2.27 bits per heavy atom. The van der Waals surface area contributed by atoms with Crippen molar-refractivity contribution in [3.05, 3.63) is 0 Å². The van der Waals surface area contributed by atoms with Crippen LogP contribution in [-0.4, -0.2) is 35.6 Å². The van der Waals surface area contributed by atoms with Gasteiger partial charge in [-0.25, -0.2) is 0 Å². The first-order valence-electron chi connectivity index (χ1n) is 6.09. The second kappa shape index (κ2) is 9.13. The normalized spacial score (nSPS) is 15.2. The van der Waals surface area contributed by atoms with Crippen LogP contribution in [0.4, 0.5) is 0 Å². The molecule has 0 aliphatic rings. The van der Waals surface area contributed by atoms with Gasteiger partial charge in [0.1, 0.15) is 0 Å². The van der Waals surface area contributed by atoms with E-state index in [2.05, 4.69) is 6.92 Å². The van der Waals surface area contributed by atoms with Gasteiger partial charge in [0.05, 0.1) is 12.2 Å². The molecular formula is C12H26O3. The minimum Gasteiger partial charge on any atom is -0.393 e. The van der Waals surface area contributed by atoms with E-state index in [4.69, 9.17) is 9.84 Å². The maximum absolute atomic E-state index is 9.78. The molecule has 0 fully saturated rings. The molecule has 0 rings (SSSR count). The number of aliphatic hydroxyl groups excluding tert-OH is 1. The molecule has 3 heteroatoms. The van der Waals surface area contributed by atoms with E-state index in [1.165, 1.54) is 6.42 Å². The fourth-order valence-electron chi connectivity index (χ4n) is 1.37. The van der Waals surface area contributed by atoms with Crippen LogP contribution < -0.4 is 0 Å². The maximum atomic E-state index is 9.78. The molecule has 0 spiro atoms. The van der Waals surface area contributed by atoms with Crippen molar-refractivity contribution < 1.29 is 14.9 Å². The van der Waals surface area contributed by atoms with Gasteiger partial charge in [0.2, 0.25) is 0 Å². The number of ether oxygens (including phenoxy) is 1. The fourth-order valence-corrected chi connectivity index (χ4v) is 1.37. The number of aliphatic hydroxyl groups is 2. The van der Waals surface area contributed by atoms with E-state index in [-0.39, 0.29) is 6.61 Å². The van der Waals surface area contributed by atoms with E-state index >= 15 is 0 Å². The molecule has 0 radical (unpaired) electrons. The van der Waals surface area contributed by atoms with Crippen LogP contribution in [0.3, 0.4) is 0 Å². The number of unbranched alkanes of at least 4 members (excludes halogenated alkanes) is 2. The van der Waals surface area contributed by atoms with Crippen molar-refractivity contribution in [2.24, 2.45) is 0 Å². The molecule has 0 amide bonds. The maximum Gasteiger partial charge on any atom is 0.0874 e. The Labute approximate surface area is 93.5 Å². The number of hydrogen-bond acceptors (Lipinski definition) is 3. The van der Waals surface area contributed by atoms with Crippen LogP contribution in [0.5, 0.6) is 0 Å². The van der Waals surface area contributed by atoms with Gasteiger partial charge in [-0.15, -0.1) is 0 Å². The predicted octanol–water partition coefficient (Wildman–Crippen LogP) is 2.11. The summed E-state index contributed by atoms with van der Waals surface area (Å²) in [5.74, 6) is 0. The highest BCUT2D eigenvalue weighted by atomic mass is 16.5. The molecule has 0 aromatic rings. The van der Waals surface area contributed by atoms with Gasteiger partial charge in [0.15, 0.2) is 0 Å². The van der Waals surface area contributed by atoms with Crippen molar-refractivity contribution in [3.63, 3.8) is 0 Å². The van der Waals surface area contributed by atoms with Crippen LogP contribution in [-0.2, 0) is 4.74 Å². The van der Waals surface area contributed by atoms with Gasteiger partial charge >= 0.3 is 0 Å². The number of hydrogen-bond donors (Lipinski definition) is 2. The lowest BCUT2D eigenvalue weighted by Gasteiger charge is -2.23. The van der Waals surface area contributed by atoms with Crippen molar-refractivity contribution in [2.75, 3.05) is 19.8 Å². The molecule has 0 saturated carbocycles. The fraction of sp³-hybridized carbons (Fsp3) is 1.00. The first-order chi connectivity index (χ1) is 7.18. The minimum absolute atomic E-state index is 0.139. The second-order valence-corrected chi connectivity index (χ2v) is 4.16. The van der Waals surface area contributed by atoms with E-state index in [9.17, 15) is 5.11 Å². The zero-order valence-corrected chi connectivity index (χ0v) is 10.2. The molecule has 1 unspecified atom stereocenters. The average Bonchev–Trinajstić information content (AvgIpc) is 2.27. The zero-order chi connectivity index (χ0) is 11.6. The van der Waals surface area contributed by atoms with Crippen LogP contribution >= 0.6 is 0 Å². The van der Waals surface area contributed by atoms with Crippen molar-refractivity contribution in [1.82, 2.24) is 0 Å². The minimum atomic E-state index is -0.872. The molecule has 92 valence electrons. The first kappa shape index (κ1) is 14.9. The summed E-state index contributed by atoms with van der Waals surface area (Å²) in [4.78, 5) is 0. The van der Waals surface area contributed by atoms with Crippen molar-refractivity contribution >= 4 is 0 Å². The summed E-state index contributed by atoms with van der Waals surface area (Å²) < 4.78 is 5.41. The molecule has 0 heterocycles. The highest BCUT2D eigenvalue weighted by Crippen LogP contribution is 2.17. The molecular weight excluding hydrogens is 192 g/mol. The Hall–Kier alpha value is -0.120.